The lowest BCUT2D eigenvalue weighted by Gasteiger charge is -2.33. The molecule has 2 aromatic carbocycles. The molecule has 2 heterocycles. The van der Waals surface area contributed by atoms with Gasteiger partial charge in [-0.05, 0) is 55.3 Å². The largest absolute Gasteiger partial charge is 0.381 e. The topological polar surface area (TPSA) is 47.2 Å². The molecule has 1 unspecified atom stereocenters. The number of anilines is 2. The Labute approximate surface area is 155 Å². The number of hydrogen-bond acceptors (Lipinski definition) is 4. The molecule has 1 saturated heterocycles. The average Bonchev–Trinajstić information content (AvgIpc) is 3.10. The van der Waals surface area contributed by atoms with Gasteiger partial charge in [0.25, 0.3) is 0 Å². The molecule has 2 N–H and O–H groups in total. The molecule has 136 valence electrons. The number of aromatic amines is 1. The maximum Gasteiger partial charge on any atom is 0.0651 e. The molecule has 0 spiro atoms. The molecular formula is C21H27N5. The van der Waals surface area contributed by atoms with Gasteiger partial charge >= 0.3 is 0 Å². The van der Waals surface area contributed by atoms with Gasteiger partial charge < -0.3 is 10.2 Å². The minimum atomic E-state index is 0.495. The summed E-state index contributed by atoms with van der Waals surface area (Å²) in [5.74, 6) is 0. The van der Waals surface area contributed by atoms with Crippen LogP contribution in [0.15, 0.2) is 48.7 Å². The van der Waals surface area contributed by atoms with Gasteiger partial charge in [0.1, 0.15) is 0 Å². The number of piperidine rings is 1. The summed E-state index contributed by atoms with van der Waals surface area (Å²) in [6.07, 6.45) is 4.34. The summed E-state index contributed by atoms with van der Waals surface area (Å²) in [4.78, 5) is 4.70. The first kappa shape index (κ1) is 16.9. The fourth-order valence-corrected chi connectivity index (χ4v) is 3.74. The highest BCUT2D eigenvalue weighted by molar-refractivity contribution is 5.81. The van der Waals surface area contributed by atoms with Crippen molar-refractivity contribution in [2.75, 3.05) is 37.4 Å². The SMILES string of the molecule is CN(C)c1ccc(CN2CCCC(Nc3ccc4[nH]ncc4c3)C2)cc1. The van der Waals surface area contributed by atoms with Gasteiger partial charge in [-0.15, -0.1) is 0 Å². The Hall–Kier alpha value is -2.53. The van der Waals surface area contributed by atoms with Crippen molar-refractivity contribution >= 4 is 22.3 Å². The number of fused-ring (bicyclic) bond motifs is 1. The van der Waals surface area contributed by atoms with Crippen LogP contribution in [-0.4, -0.2) is 48.3 Å². The van der Waals surface area contributed by atoms with E-state index in [-0.39, 0.29) is 0 Å². The summed E-state index contributed by atoms with van der Waals surface area (Å²) < 4.78 is 0. The lowest BCUT2D eigenvalue weighted by Crippen LogP contribution is -2.41. The van der Waals surface area contributed by atoms with E-state index in [2.05, 4.69) is 81.9 Å². The summed E-state index contributed by atoms with van der Waals surface area (Å²) in [5.41, 5.74) is 4.90. The van der Waals surface area contributed by atoms with Crippen LogP contribution in [0.5, 0.6) is 0 Å². The monoisotopic (exact) mass is 349 g/mol. The Bertz CT molecular complexity index is 852. The molecule has 1 aliphatic heterocycles. The van der Waals surface area contributed by atoms with E-state index in [1.165, 1.54) is 36.3 Å². The molecule has 4 rings (SSSR count). The maximum absolute atomic E-state index is 4.10. The van der Waals surface area contributed by atoms with Crippen LogP contribution < -0.4 is 10.2 Å². The van der Waals surface area contributed by atoms with Gasteiger partial charge in [0.2, 0.25) is 0 Å². The van der Waals surface area contributed by atoms with Gasteiger partial charge in [-0.3, -0.25) is 10.00 Å². The number of benzene rings is 2. The molecule has 1 aromatic heterocycles. The fraction of sp³-hybridized carbons (Fsp3) is 0.381. The van der Waals surface area contributed by atoms with Crippen molar-refractivity contribution in [3.63, 3.8) is 0 Å². The van der Waals surface area contributed by atoms with Crippen LogP contribution in [0.2, 0.25) is 0 Å². The summed E-state index contributed by atoms with van der Waals surface area (Å²) >= 11 is 0. The second-order valence-corrected chi connectivity index (χ2v) is 7.45. The molecule has 3 aromatic rings. The van der Waals surface area contributed by atoms with Crippen LogP contribution in [0.1, 0.15) is 18.4 Å². The molecule has 0 saturated carbocycles. The van der Waals surface area contributed by atoms with Crippen LogP contribution in [0, 0.1) is 0 Å². The van der Waals surface area contributed by atoms with Crippen molar-refractivity contribution in [2.45, 2.75) is 25.4 Å². The summed E-state index contributed by atoms with van der Waals surface area (Å²) in [6.45, 7) is 3.28. The third kappa shape index (κ3) is 3.83. The highest BCUT2D eigenvalue weighted by Crippen LogP contribution is 2.21. The lowest BCUT2D eigenvalue weighted by atomic mass is 10.0. The van der Waals surface area contributed by atoms with Crippen molar-refractivity contribution in [2.24, 2.45) is 0 Å². The number of H-pyrrole nitrogens is 1. The number of nitrogens with zero attached hydrogens (tertiary/aromatic N) is 3. The molecule has 5 heteroatoms. The van der Waals surface area contributed by atoms with Crippen molar-refractivity contribution in [3.8, 4) is 0 Å². The third-order valence-corrected chi connectivity index (χ3v) is 5.18. The predicted octanol–water partition coefficient (Wildman–Crippen LogP) is 3.71. The van der Waals surface area contributed by atoms with E-state index in [4.69, 9.17) is 0 Å². The van der Waals surface area contributed by atoms with Gasteiger partial charge in [-0.25, -0.2) is 0 Å². The summed E-state index contributed by atoms with van der Waals surface area (Å²) in [6, 6.07) is 15.8. The number of aromatic nitrogens is 2. The first-order valence-corrected chi connectivity index (χ1v) is 9.36. The summed E-state index contributed by atoms with van der Waals surface area (Å²) in [7, 11) is 4.16. The van der Waals surface area contributed by atoms with Gasteiger partial charge in [0.05, 0.1) is 11.7 Å². The molecule has 0 radical (unpaired) electrons. The minimum absolute atomic E-state index is 0.495. The zero-order valence-electron chi connectivity index (χ0n) is 15.6. The van der Waals surface area contributed by atoms with E-state index in [1.807, 2.05) is 6.20 Å². The molecule has 26 heavy (non-hydrogen) atoms. The van der Waals surface area contributed by atoms with E-state index in [1.54, 1.807) is 0 Å². The molecule has 1 atom stereocenters. The Morgan fingerprint density at radius 1 is 1.19 bits per heavy atom. The van der Waals surface area contributed by atoms with Crippen LogP contribution in [0.25, 0.3) is 10.9 Å². The standard InChI is InChI=1S/C21H27N5/c1-25(2)20-8-5-16(6-9-20)14-26-11-3-4-19(15-26)23-18-7-10-21-17(12-18)13-22-24-21/h5-10,12-13,19,23H,3-4,11,14-15H2,1-2H3,(H,22,24). The van der Waals surface area contributed by atoms with Crippen molar-refractivity contribution < 1.29 is 0 Å². The van der Waals surface area contributed by atoms with Gasteiger partial charge in [-0.1, -0.05) is 12.1 Å². The average molecular weight is 349 g/mol. The van der Waals surface area contributed by atoms with E-state index in [0.29, 0.717) is 6.04 Å². The molecule has 0 bridgehead atoms. The van der Waals surface area contributed by atoms with Crippen LogP contribution in [-0.2, 0) is 6.54 Å². The van der Waals surface area contributed by atoms with E-state index < -0.39 is 0 Å². The number of nitrogens with one attached hydrogen (secondary N) is 2. The Balaban J connectivity index is 1.37. The van der Waals surface area contributed by atoms with Gasteiger partial charge in [-0.2, -0.15) is 5.10 Å². The maximum atomic E-state index is 4.10. The Morgan fingerprint density at radius 2 is 2.04 bits per heavy atom. The predicted molar refractivity (Wildman–Crippen MR) is 109 cm³/mol. The summed E-state index contributed by atoms with van der Waals surface area (Å²) in [5, 5.41) is 12.0. The minimum Gasteiger partial charge on any atom is -0.381 e. The Morgan fingerprint density at radius 3 is 2.85 bits per heavy atom. The van der Waals surface area contributed by atoms with Crippen molar-refractivity contribution in [1.29, 1.82) is 0 Å². The highest BCUT2D eigenvalue weighted by Gasteiger charge is 2.20. The van der Waals surface area contributed by atoms with Gasteiger partial charge in [0, 0.05) is 50.0 Å². The van der Waals surface area contributed by atoms with Gasteiger partial charge in [0.15, 0.2) is 0 Å². The van der Waals surface area contributed by atoms with E-state index in [9.17, 15) is 0 Å². The normalized spacial score (nSPS) is 18.2. The van der Waals surface area contributed by atoms with Crippen LogP contribution >= 0.6 is 0 Å². The number of likely N-dealkylation sites (tertiary alicyclic amines) is 1. The fourth-order valence-electron chi connectivity index (χ4n) is 3.74. The van der Waals surface area contributed by atoms with Crippen molar-refractivity contribution in [1.82, 2.24) is 15.1 Å². The molecule has 5 nitrogen and oxygen atoms in total. The molecule has 0 amide bonds. The van der Waals surface area contributed by atoms with Crippen molar-refractivity contribution in [3.05, 3.63) is 54.2 Å². The number of hydrogen-bond donors (Lipinski definition) is 2. The van der Waals surface area contributed by atoms with Crippen LogP contribution in [0.4, 0.5) is 11.4 Å². The molecule has 1 aliphatic rings. The van der Waals surface area contributed by atoms with Crippen LogP contribution in [0.3, 0.4) is 0 Å². The first-order valence-electron chi connectivity index (χ1n) is 9.36. The number of rotatable bonds is 5. The third-order valence-electron chi connectivity index (χ3n) is 5.18. The molecule has 1 fully saturated rings. The smallest absolute Gasteiger partial charge is 0.0651 e. The lowest BCUT2D eigenvalue weighted by molar-refractivity contribution is 0.208. The first-order chi connectivity index (χ1) is 12.7. The highest BCUT2D eigenvalue weighted by atomic mass is 15.2. The molecular weight excluding hydrogens is 322 g/mol. The molecule has 0 aliphatic carbocycles. The Kier molecular flexibility index (Phi) is 4.80. The van der Waals surface area contributed by atoms with E-state index in [0.717, 1.165) is 24.0 Å². The zero-order chi connectivity index (χ0) is 17.9. The van der Waals surface area contributed by atoms with E-state index >= 15 is 0 Å². The zero-order valence-corrected chi connectivity index (χ0v) is 15.6. The second-order valence-electron chi connectivity index (χ2n) is 7.45. The quantitative estimate of drug-likeness (QED) is 0.737. The second kappa shape index (κ2) is 7.38.